The molecule has 0 radical (unpaired) electrons. The van der Waals surface area contributed by atoms with Crippen molar-refractivity contribution >= 4 is 33.6 Å². The van der Waals surface area contributed by atoms with Gasteiger partial charge in [0, 0.05) is 6.54 Å². The normalized spacial score (nSPS) is 10.9. The number of hydrogen-bond acceptors (Lipinski definition) is 7. The molecule has 4 rings (SSSR count). The second-order valence-corrected chi connectivity index (χ2v) is 9.54. The first kappa shape index (κ1) is 26.0. The molecule has 4 aromatic rings. The van der Waals surface area contributed by atoms with Crippen molar-refractivity contribution in [3.05, 3.63) is 108 Å². The van der Waals surface area contributed by atoms with E-state index in [2.05, 4.69) is 10.0 Å². The van der Waals surface area contributed by atoms with E-state index in [0.29, 0.717) is 11.3 Å². The highest BCUT2D eigenvalue weighted by Crippen LogP contribution is 2.29. The summed E-state index contributed by atoms with van der Waals surface area (Å²) in [6.07, 6.45) is 1.39. The summed E-state index contributed by atoms with van der Waals surface area (Å²) in [5, 5.41) is 21.3. The third-order valence-corrected chi connectivity index (χ3v) is 6.59. The van der Waals surface area contributed by atoms with Crippen molar-refractivity contribution in [3.8, 4) is 11.5 Å². The van der Waals surface area contributed by atoms with Gasteiger partial charge in [-0.2, -0.15) is 0 Å². The number of furan rings is 1. The summed E-state index contributed by atoms with van der Waals surface area (Å²) in [5.74, 6) is -2.33. The Balaban J connectivity index is 1.49. The van der Waals surface area contributed by atoms with Crippen molar-refractivity contribution in [2.45, 2.75) is 11.4 Å². The lowest BCUT2D eigenvalue weighted by molar-refractivity contribution is 0.0686. The van der Waals surface area contributed by atoms with Crippen LogP contribution < -0.4 is 14.8 Å². The summed E-state index contributed by atoms with van der Waals surface area (Å²) in [5.41, 5.74) is 0.0384. The van der Waals surface area contributed by atoms with E-state index in [4.69, 9.17) is 14.3 Å². The fourth-order valence-electron chi connectivity index (χ4n) is 3.37. The van der Waals surface area contributed by atoms with E-state index in [-0.39, 0.29) is 45.7 Å². The van der Waals surface area contributed by atoms with Gasteiger partial charge in [-0.15, -0.1) is 0 Å². The lowest BCUT2D eigenvalue weighted by atomic mass is 10.1. The number of carbonyl (C=O) groups excluding carboxylic acids is 1. The van der Waals surface area contributed by atoms with Gasteiger partial charge in [-0.1, -0.05) is 12.1 Å². The summed E-state index contributed by atoms with van der Waals surface area (Å²) < 4.78 is 38.5. The Labute approximate surface area is 216 Å². The summed E-state index contributed by atoms with van der Waals surface area (Å²) in [6, 6.07) is 18.1. The van der Waals surface area contributed by atoms with E-state index in [9.17, 15) is 27.9 Å². The van der Waals surface area contributed by atoms with Gasteiger partial charge in [-0.3, -0.25) is 9.52 Å². The van der Waals surface area contributed by atoms with Gasteiger partial charge in [-0.25, -0.2) is 18.0 Å². The quantitative estimate of drug-likeness (QED) is 0.232. The molecular weight excluding hydrogens is 516 g/mol. The number of rotatable bonds is 10. The SMILES string of the molecule is O=C(O)c1ccc(S(=O)(=O)Nc2ccc(Oc3cccc(CNC(=O)c4ccco4)c3)cc2C(=O)O)cc1. The van der Waals surface area contributed by atoms with Crippen molar-refractivity contribution in [3.63, 3.8) is 0 Å². The number of amides is 1. The van der Waals surface area contributed by atoms with Crippen molar-refractivity contribution in [1.29, 1.82) is 0 Å². The number of carboxylic acid groups (broad SMARTS) is 2. The fraction of sp³-hybridized carbons (Fsp3) is 0.0385. The van der Waals surface area contributed by atoms with Crippen molar-refractivity contribution in [2.24, 2.45) is 0 Å². The van der Waals surface area contributed by atoms with E-state index < -0.39 is 22.0 Å². The van der Waals surface area contributed by atoms with Gasteiger partial charge in [0.15, 0.2) is 5.76 Å². The molecule has 4 N–H and O–H groups in total. The van der Waals surface area contributed by atoms with Crippen LogP contribution in [-0.2, 0) is 16.6 Å². The molecule has 0 bridgehead atoms. The molecule has 0 saturated carbocycles. The van der Waals surface area contributed by atoms with Crippen LogP contribution in [0.2, 0.25) is 0 Å². The Kier molecular flexibility index (Phi) is 7.44. The Morgan fingerprint density at radius 1 is 0.842 bits per heavy atom. The number of anilines is 1. The molecule has 0 fully saturated rings. The molecule has 3 aromatic carbocycles. The Bertz CT molecular complexity index is 1600. The maximum Gasteiger partial charge on any atom is 0.337 e. The number of sulfonamides is 1. The molecule has 38 heavy (non-hydrogen) atoms. The monoisotopic (exact) mass is 536 g/mol. The number of carbonyl (C=O) groups is 3. The molecule has 1 aromatic heterocycles. The predicted molar refractivity (Wildman–Crippen MR) is 134 cm³/mol. The van der Waals surface area contributed by atoms with Gasteiger partial charge in [0.05, 0.1) is 28.0 Å². The van der Waals surface area contributed by atoms with Gasteiger partial charge >= 0.3 is 11.9 Å². The second kappa shape index (κ2) is 10.9. The van der Waals surface area contributed by atoms with Crippen LogP contribution in [0.15, 0.2) is 94.4 Å². The lowest BCUT2D eigenvalue weighted by Crippen LogP contribution is -2.22. The highest BCUT2D eigenvalue weighted by molar-refractivity contribution is 7.92. The lowest BCUT2D eigenvalue weighted by Gasteiger charge is -2.13. The first-order chi connectivity index (χ1) is 18.1. The minimum Gasteiger partial charge on any atom is -0.478 e. The van der Waals surface area contributed by atoms with E-state index >= 15 is 0 Å². The van der Waals surface area contributed by atoms with Gasteiger partial charge in [0.1, 0.15) is 11.5 Å². The van der Waals surface area contributed by atoms with Crippen molar-refractivity contribution in [1.82, 2.24) is 5.32 Å². The van der Waals surface area contributed by atoms with Crippen molar-refractivity contribution in [2.75, 3.05) is 4.72 Å². The van der Waals surface area contributed by atoms with E-state index in [1.807, 2.05) is 0 Å². The zero-order valence-electron chi connectivity index (χ0n) is 19.5. The first-order valence-electron chi connectivity index (χ1n) is 10.9. The molecule has 0 unspecified atom stereocenters. The average Bonchev–Trinajstić information content (AvgIpc) is 3.43. The maximum atomic E-state index is 12.7. The molecule has 0 aliphatic carbocycles. The molecule has 0 aliphatic rings. The minimum absolute atomic E-state index is 0.0966. The van der Waals surface area contributed by atoms with Crippen LogP contribution in [0.25, 0.3) is 0 Å². The molecule has 12 heteroatoms. The van der Waals surface area contributed by atoms with Gasteiger partial charge in [0.2, 0.25) is 0 Å². The zero-order chi connectivity index (χ0) is 27.3. The number of benzene rings is 3. The number of ether oxygens (including phenoxy) is 1. The average molecular weight is 537 g/mol. The molecule has 11 nitrogen and oxygen atoms in total. The largest absolute Gasteiger partial charge is 0.478 e. The Morgan fingerprint density at radius 2 is 1.58 bits per heavy atom. The molecule has 1 heterocycles. The molecule has 0 spiro atoms. The molecule has 0 aliphatic heterocycles. The smallest absolute Gasteiger partial charge is 0.337 e. The number of aromatic carboxylic acids is 2. The third-order valence-electron chi connectivity index (χ3n) is 5.21. The number of nitrogens with one attached hydrogen (secondary N) is 2. The van der Waals surface area contributed by atoms with Gasteiger partial charge in [0.25, 0.3) is 15.9 Å². The van der Waals surface area contributed by atoms with E-state index in [0.717, 1.165) is 24.3 Å². The van der Waals surface area contributed by atoms with Gasteiger partial charge in [-0.05, 0) is 72.3 Å². The number of carboxylic acids is 2. The Hall–Kier alpha value is -5.10. The van der Waals surface area contributed by atoms with Crippen LogP contribution in [0.1, 0.15) is 36.8 Å². The molecule has 194 valence electrons. The molecule has 0 saturated heterocycles. The highest BCUT2D eigenvalue weighted by atomic mass is 32.2. The standard InChI is InChI=1S/C26H20N2O9S/c29-24(23-5-2-12-36-23)27-15-16-3-1-4-18(13-16)37-19-8-11-22(21(14-19)26(32)33)28-38(34,35)20-9-6-17(7-10-20)25(30)31/h1-14,28H,15H2,(H,27,29)(H,30,31)(H,32,33). The predicted octanol–water partition coefficient (Wildman–Crippen LogP) is 4.20. The summed E-state index contributed by atoms with van der Waals surface area (Å²) >= 11 is 0. The molecular formula is C26H20N2O9S. The minimum atomic E-state index is -4.21. The maximum absolute atomic E-state index is 12.7. The van der Waals surface area contributed by atoms with Crippen LogP contribution in [0, 0.1) is 0 Å². The fourth-order valence-corrected chi connectivity index (χ4v) is 4.45. The van der Waals surface area contributed by atoms with Crippen LogP contribution in [-0.4, -0.2) is 36.5 Å². The topological polar surface area (TPSA) is 172 Å². The van der Waals surface area contributed by atoms with Crippen LogP contribution in [0.4, 0.5) is 5.69 Å². The van der Waals surface area contributed by atoms with Crippen LogP contribution in [0.5, 0.6) is 11.5 Å². The summed E-state index contributed by atoms with van der Waals surface area (Å²) in [7, 11) is -4.21. The molecule has 1 amide bonds. The Morgan fingerprint density at radius 3 is 2.24 bits per heavy atom. The highest BCUT2D eigenvalue weighted by Gasteiger charge is 2.20. The van der Waals surface area contributed by atoms with Crippen molar-refractivity contribution < 1.29 is 42.2 Å². The van der Waals surface area contributed by atoms with Crippen LogP contribution >= 0.6 is 0 Å². The van der Waals surface area contributed by atoms with Gasteiger partial charge < -0.3 is 24.7 Å². The van der Waals surface area contributed by atoms with Crippen LogP contribution in [0.3, 0.4) is 0 Å². The van der Waals surface area contributed by atoms with E-state index in [1.165, 1.54) is 30.5 Å². The third kappa shape index (κ3) is 6.17. The first-order valence-corrected chi connectivity index (χ1v) is 12.4. The number of hydrogen-bond donors (Lipinski definition) is 4. The zero-order valence-corrected chi connectivity index (χ0v) is 20.3. The molecule has 0 atom stereocenters. The second-order valence-electron chi connectivity index (χ2n) is 7.86. The summed E-state index contributed by atoms with van der Waals surface area (Å²) in [6.45, 7) is 0.186. The van der Waals surface area contributed by atoms with E-state index in [1.54, 1.807) is 30.3 Å². The summed E-state index contributed by atoms with van der Waals surface area (Å²) in [4.78, 5) is 34.7.